The van der Waals surface area contributed by atoms with Crippen molar-refractivity contribution in [3.8, 4) is 22.9 Å². The maximum atomic E-state index is 5.39. The highest BCUT2D eigenvalue weighted by Crippen LogP contribution is 2.31. The van der Waals surface area contributed by atoms with Gasteiger partial charge in [0.15, 0.2) is 0 Å². The van der Waals surface area contributed by atoms with Crippen LogP contribution >= 0.6 is 0 Å². The summed E-state index contributed by atoms with van der Waals surface area (Å²) in [6, 6.07) is 11.6. The van der Waals surface area contributed by atoms with Gasteiger partial charge in [-0.05, 0) is 43.2 Å². The summed E-state index contributed by atoms with van der Waals surface area (Å²) in [7, 11) is 3.21. The van der Waals surface area contributed by atoms with E-state index in [0.717, 1.165) is 11.3 Å². The molecule has 0 bridgehead atoms. The molecule has 0 saturated carbocycles. The number of benzene rings is 2. The second-order valence-corrected chi connectivity index (χ2v) is 5.68. The molecule has 0 saturated heterocycles. The second kappa shape index (κ2) is 7.25. The summed E-state index contributed by atoms with van der Waals surface area (Å²) >= 11 is 0. The van der Waals surface area contributed by atoms with Crippen molar-refractivity contribution in [1.82, 2.24) is 10.1 Å². The molecule has 3 aromatic rings. The van der Waals surface area contributed by atoms with E-state index in [1.165, 1.54) is 11.1 Å². The lowest BCUT2D eigenvalue weighted by Gasteiger charge is -2.09. The third-order valence-electron chi connectivity index (χ3n) is 4.15. The third kappa shape index (κ3) is 3.57. The maximum absolute atomic E-state index is 5.39. The average molecular weight is 339 g/mol. The number of rotatable bonds is 6. The third-order valence-corrected chi connectivity index (χ3v) is 4.15. The summed E-state index contributed by atoms with van der Waals surface area (Å²) in [6.45, 7) is 4.62. The fourth-order valence-electron chi connectivity index (χ4n) is 2.53. The van der Waals surface area contributed by atoms with Crippen LogP contribution in [0.25, 0.3) is 11.4 Å². The first kappa shape index (κ1) is 16.8. The molecule has 1 aromatic heterocycles. The van der Waals surface area contributed by atoms with Crippen LogP contribution in [0.2, 0.25) is 0 Å². The van der Waals surface area contributed by atoms with Gasteiger partial charge < -0.3 is 19.3 Å². The minimum atomic E-state index is 0.454. The van der Waals surface area contributed by atoms with Crippen molar-refractivity contribution < 1.29 is 14.0 Å². The van der Waals surface area contributed by atoms with Gasteiger partial charge in [-0.3, -0.25) is 0 Å². The van der Waals surface area contributed by atoms with Gasteiger partial charge in [0.1, 0.15) is 11.5 Å². The number of anilines is 1. The number of nitrogens with zero attached hydrogens (tertiary/aromatic N) is 2. The van der Waals surface area contributed by atoms with Crippen molar-refractivity contribution >= 4 is 5.69 Å². The van der Waals surface area contributed by atoms with Crippen LogP contribution in [0.3, 0.4) is 0 Å². The van der Waals surface area contributed by atoms with Gasteiger partial charge in [0.2, 0.25) is 11.7 Å². The molecule has 130 valence electrons. The summed E-state index contributed by atoms with van der Waals surface area (Å²) in [5.74, 6) is 2.33. The zero-order valence-corrected chi connectivity index (χ0v) is 14.8. The molecular formula is C19H21N3O3. The number of nitrogens with one attached hydrogen (secondary N) is 1. The molecule has 25 heavy (non-hydrogen) atoms. The molecule has 0 aliphatic rings. The quantitative estimate of drug-likeness (QED) is 0.732. The molecular weight excluding hydrogens is 318 g/mol. The van der Waals surface area contributed by atoms with Crippen LogP contribution in [0.1, 0.15) is 17.0 Å². The highest BCUT2D eigenvalue weighted by atomic mass is 16.5. The number of aromatic nitrogens is 2. The van der Waals surface area contributed by atoms with Crippen molar-refractivity contribution in [3.05, 3.63) is 53.4 Å². The Hall–Kier alpha value is -3.02. The van der Waals surface area contributed by atoms with Gasteiger partial charge in [-0.1, -0.05) is 17.3 Å². The van der Waals surface area contributed by atoms with E-state index in [0.29, 0.717) is 29.8 Å². The molecule has 0 spiro atoms. The van der Waals surface area contributed by atoms with Gasteiger partial charge in [-0.25, -0.2) is 0 Å². The van der Waals surface area contributed by atoms with E-state index in [9.17, 15) is 0 Å². The van der Waals surface area contributed by atoms with Crippen molar-refractivity contribution in [1.29, 1.82) is 0 Å². The predicted molar refractivity (Wildman–Crippen MR) is 96.1 cm³/mol. The molecule has 3 rings (SSSR count). The first-order chi connectivity index (χ1) is 12.1. The van der Waals surface area contributed by atoms with E-state index in [-0.39, 0.29) is 0 Å². The molecule has 0 aliphatic carbocycles. The van der Waals surface area contributed by atoms with Crippen LogP contribution in [-0.4, -0.2) is 24.4 Å². The first-order valence-corrected chi connectivity index (χ1v) is 7.97. The van der Waals surface area contributed by atoms with E-state index in [1.54, 1.807) is 20.3 Å². The zero-order valence-electron chi connectivity index (χ0n) is 14.8. The summed E-state index contributed by atoms with van der Waals surface area (Å²) in [5.41, 5.74) is 4.25. The van der Waals surface area contributed by atoms with Gasteiger partial charge in [-0.15, -0.1) is 0 Å². The molecule has 0 amide bonds. The molecule has 1 N–H and O–H groups in total. The molecule has 0 aliphatic heterocycles. The fraction of sp³-hybridized carbons (Fsp3) is 0.263. The van der Waals surface area contributed by atoms with Crippen LogP contribution in [-0.2, 0) is 6.54 Å². The molecule has 2 aromatic carbocycles. The van der Waals surface area contributed by atoms with Gasteiger partial charge in [0.25, 0.3) is 0 Å². The number of hydrogen-bond acceptors (Lipinski definition) is 6. The van der Waals surface area contributed by atoms with Crippen LogP contribution in [0.15, 0.2) is 40.9 Å². The number of ether oxygens (including phenoxy) is 2. The Morgan fingerprint density at radius 1 is 1.08 bits per heavy atom. The average Bonchev–Trinajstić information content (AvgIpc) is 3.11. The SMILES string of the molecule is COc1ccc(-c2noc(CNc3cccc(C)c3C)n2)c(OC)c1. The zero-order chi connectivity index (χ0) is 17.8. The Morgan fingerprint density at radius 2 is 1.92 bits per heavy atom. The molecule has 1 heterocycles. The van der Waals surface area contributed by atoms with Crippen molar-refractivity contribution in [2.45, 2.75) is 20.4 Å². The van der Waals surface area contributed by atoms with Crippen molar-refractivity contribution in [2.75, 3.05) is 19.5 Å². The Labute approximate surface area is 146 Å². The fourth-order valence-corrected chi connectivity index (χ4v) is 2.53. The Bertz CT molecular complexity index is 874. The lowest BCUT2D eigenvalue weighted by molar-refractivity contribution is 0.382. The predicted octanol–water partition coefficient (Wildman–Crippen LogP) is 3.98. The molecule has 0 atom stereocenters. The number of hydrogen-bond donors (Lipinski definition) is 1. The monoisotopic (exact) mass is 339 g/mol. The summed E-state index contributed by atoms with van der Waals surface area (Å²) in [6.07, 6.45) is 0. The number of aryl methyl sites for hydroxylation is 1. The summed E-state index contributed by atoms with van der Waals surface area (Å²) < 4.78 is 16.0. The minimum absolute atomic E-state index is 0.454. The highest BCUT2D eigenvalue weighted by molar-refractivity contribution is 5.65. The van der Waals surface area contributed by atoms with Gasteiger partial charge in [-0.2, -0.15) is 4.98 Å². The molecule has 0 fully saturated rings. The highest BCUT2D eigenvalue weighted by Gasteiger charge is 2.14. The Balaban J connectivity index is 1.78. The van der Waals surface area contributed by atoms with E-state index in [4.69, 9.17) is 14.0 Å². The number of methoxy groups -OCH3 is 2. The smallest absolute Gasteiger partial charge is 0.246 e. The van der Waals surface area contributed by atoms with Gasteiger partial charge in [0, 0.05) is 11.8 Å². The van der Waals surface area contributed by atoms with Crippen LogP contribution in [0.4, 0.5) is 5.69 Å². The normalized spacial score (nSPS) is 10.6. The summed E-state index contributed by atoms with van der Waals surface area (Å²) in [4.78, 5) is 4.45. The largest absolute Gasteiger partial charge is 0.497 e. The van der Waals surface area contributed by atoms with Gasteiger partial charge >= 0.3 is 0 Å². The lowest BCUT2D eigenvalue weighted by atomic mass is 10.1. The van der Waals surface area contributed by atoms with Crippen molar-refractivity contribution in [2.24, 2.45) is 0 Å². The molecule has 6 nitrogen and oxygen atoms in total. The Morgan fingerprint density at radius 3 is 2.68 bits per heavy atom. The minimum Gasteiger partial charge on any atom is -0.497 e. The maximum Gasteiger partial charge on any atom is 0.246 e. The van der Waals surface area contributed by atoms with Crippen LogP contribution in [0.5, 0.6) is 11.5 Å². The second-order valence-electron chi connectivity index (χ2n) is 5.68. The van der Waals surface area contributed by atoms with E-state index in [1.807, 2.05) is 24.3 Å². The topological polar surface area (TPSA) is 69.4 Å². The lowest BCUT2D eigenvalue weighted by Crippen LogP contribution is -2.02. The van der Waals surface area contributed by atoms with Crippen LogP contribution < -0.4 is 14.8 Å². The molecule has 0 unspecified atom stereocenters. The molecule has 6 heteroatoms. The van der Waals surface area contributed by atoms with E-state index >= 15 is 0 Å². The van der Waals surface area contributed by atoms with Crippen LogP contribution in [0, 0.1) is 13.8 Å². The van der Waals surface area contributed by atoms with Crippen molar-refractivity contribution in [3.63, 3.8) is 0 Å². The Kier molecular flexibility index (Phi) is 4.88. The van der Waals surface area contributed by atoms with E-state index in [2.05, 4.69) is 35.4 Å². The summed E-state index contributed by atoms with van der Waals surface area (Å²) in [5, 5.41) is 7.39. The standard InChI is InChI=1S/C19H21N3O3/c1-12-6-5-7-16(13(12)2)20-11-18-21-19(22-25-18)15-9-8-14(23-3)10-17(15)24-4/h5-10,20H,11H2,1-4H3. The van der Waals surface area contributed by atoms with E-state index < -0.39 is 0 Å². The molecule has 0 radical (unpaired) electrons. The van der Waals surface area contributed by atoms with Gasteiger partial charge in [0.05, 0.1) is 26.3 Å². The first-order valence-electron chi connectivity index (χ1n) is 7.97.